The van der Waals surface area contributed by atoms with Crippen LogP contribution >= 0.6 is 15.9 Å². The van der Waals surface area contributed by atoms with Gasteiger partial charge >= 0.3 is 0 Å². The Morgan fingerprint density at radius 3 is 2.43 bits per heavy atom. The number of rotatable bonds is 6. The van der Waals surface area contributed by atoms with Crippen molar-refractivity contribution in [3.63, 3.8) is 0 Å². The minimum atomic E-state index is -3.49. The predicted octanol–water partition coefficient (Wildman–Crippen LogP) is 2.94. The molecule has 0 N–H and O–H groups in total. The van der Waals surface area contributed by atoms with Crippen LogP contribution in [0.15, 0.2) is 33.6 Å². The predicted molar refractivity (Wildman–Crippen MR) is 114 cm³/mol. The highest BCUT2D eigenvalue weighted by Crippen LogP contribution is 2.23. The second-order valence-electron chi connectivity index (χ2n) is 7.61. The molecule has 1 aliphatic heterocycles. The maximum Gasteiger partial charge on any atom is 0.243 e. The van der Waals surface area contributed by atoms with Crippen molar-refractivity contribution in [3.8, 4) is 0 Å². The van der Waals surface area contributed by atoms with Gasteiger partial charge in [-0.2, -0.15) is 4.31 Å². The van der Waals surface area contributed by atoms with Gasteiger partial charge in [-0.15, -0.1) is 0 Å². The minimum absolute atomic E-state index is 0.178. The first-order valence-electron chi connectivity index (χ1n) is 10.2. The maximum absolute atomic E-state index is 12.8. The Bertz CT molecular complexity index is 773. The van der Waals surface area contributed by atoms with Crippen LogP contribution in [-0.2, 0) is 14.8 Å². The van der Waals surface area contributed by atoms with E-state index in [0.29, 0.717) is 43.7 Å². The first-order chi connectivity index (χ1) is 13.4. The zero-order valence-electron chi connectivity index (χ0n) is 16.5. The Hall–Kier alpha value is -0.960. The lowest BCUT2D eigenvalue weighted by Crippen LogP contribution is -2.52. The fourth-order valence-corrected chi connectivity index (χ4v) is 6.24. The Labute approximate surface area is 177 Å². The van der Waals surface area contributed by atoms with Crippen molar-refractivity contribution in [1.82, 2.24) is 14.1 Å². The van der Waals surface area contributed by atoms with Crippen molar-refractivity contribution < 1.29 is 13.2 Å². The van der Waals surface area contributed by atoms with E-state index in [9.17, 15) is 13.2 Å². The summed E-state index contributed by atoms with van der Waals surface area (Å²) >= 11 is 3.33. The van der Waals surface area contributed by atoms with Crippen molar-refractivity contribution in [3.05, 3.63) is 28.7 Å². The summed E-state index contributed by atoms with van der Waals surface area (Å²) in [7, 11) is -3.49. The minimum Gasteiger partial charge on any atom is -0.339 e. The molecule has 1 aromatic rings. The van der Waals surface area contributed by atoms with Crippen LogP contribution in [0.1, 0.15) is 39.0 Å². The van der Waals surface area contributed by atoms with Gasteiger partial charge in [0.05, 0.1) is 11.4 Å². The molecular formula is C20H30BrN3O3S. The van der Waals surface area contributed by atoms with Crippen LogP contribution in [0.25, 0.3) is 0 Å². The fraction of sp³-hybridized carbons (Fsp3) is 0.650. The van der Waals surface area contributed by atoms with E-state index in [-0.39, 0.29) is 5.91 Å². The van der Waals surface area contributed by atoms with E-state index < -0.39 is 10.0 Å². The van der Waals surface area contributed by atoms with E-state index in [0.717, 1.165) is 23.9 Å². The van der Waals surface area contributed by atoms with Crippen LogP contribution in [-0.4, -0.2) is 73.7 Å². The SMILES string of the molecule is CCN(C(=O)CN1CCN(S(=O)(=O)c2cccc(Br)c2)CC1)C1CCCCC1. The van der Waals surface area contributed by atoms with Gasteiger partial charge in [0.2, 0.25) is 15.9 Å². The van der Waals surface area contributed by atoms with Gasteiger partial charge in [0.1, 0.15) is 0 Å². The Morgan fingerprint density at radius 2 is 1.82 bits per heavy atom. The van der Waals surface area contributed by atoms with Crippen LogP contribution in [0.2, 0.25) is 0 Å². The number of piperazine rings is 1. The van der Waals surface area contributed by atoms with E-state index >= 15 is 0 Å². The summed E-state index contributed by atoms with van der Waals surface area (Å²) in [4.78, 5) is 17.2. The first-order valence-corrected chi connectivity index (χ1v) is 12.4. The molecule has 1 aromatic carbocycles. The molecule has 0 unspecified atom stereocenters. The van der Waals surface area contributed by atoms with Crippen molar-refractivity contribution in [2.75, 3.05) is 39.3 Å². The maximum atomic E-state index is 12.8. The second kappa shape index (κ2) is 9.69. The lowest BCUT2D eigenvalue weighted by molar-refractivity contribution is -0.135. The summed E-state index contributed by atoms with van der Waals surface area (Å²) in [5.74, 6) is 0.178. The molecule has 2 aliphatic rings. The van der Waals surface area contributed by atoms with E-state index in [4.69, 9.17) is 0 Å². The van der Waals surface area contributed by atoms with Crippen LogP contribution in [0.5, 0.6) is 0 Å². The number of sulfonamides is 1. The molecule has 1 heterocycles. The van der Waals surface area contributed by atoms with E-state index in [1.165, 1.54) is 23.6 Å². The topological polar surface area (TPSA) is 60.9 Å². The zero-order valence-corrected chi connectivity index (χ0v) is 18.9. The Kier molecular flexibility index (Phi) is 7.53. The normalized spacial score (nSPS) is 20.2. The van der Waals surface area contributed by atoms with Gasteiger partial charge in [-0.05, 0) is 38.0 Å². The smallest absolute Gasteiger partial charge is 0.243 e. The molecule has 156 valence electrons. The molecule has 0 radical (unpaired) electrons. The molecule has 28 heavy (non-hydrogen) atoms. The van der Waals surface area contributed by atoms with Crippen LogP contribution in [0, 0.1) is 0 Å². The number of nitrogens with zero attached hydrogens (tertiary/aromatic N) is 3. The molecule has 0 spiro atoms. The molecule has 6 nitrogen and oxygen atoms in total. The lowest BCUT2D eigenvalue weighted by Gasteiger charge is -2.37. The number of halogens is 1. The number of likely N-dealkylation sites (N-methyl/N-ethyl adjacent to an activating group) is 1. The number of hydrogen-bond acceptors (Lipinski definition) is 4. The third-order valence-electron chi connectivity index (χ3n) is 5.80. The molecule has 0 aromatic heterocycles. The van der Waals surface area contributed by atoms with E-state index in [1.54, 1.807) is 18.2 Å². The first kappa shape index (κ1) is 21.7. The fourth-order valence-electron chi connectivity index (χ4n) is 4.22. The van der Waals surface area contributed by atoms with Gasteiger partial charge in [-0.1, -0.05) is 41.3 Å². The molecule has 2 fully saturated rings. The van der Waals surface area contributed by atoms with Crippen LogP contribution in [0.4, 0.5) is 0 Å². The average molecular weight is 472 g/mol. The lowest BCUT2D eigenvalue weighted by atomic mass is 9.94. The number of amides is 1. The molecule has 1 saturated carbocycles. The van der Waals surface area contributed by atoms with Crippen LogP contribution < -0.4 is 0 Å². The molecular weight excluding hydrogens is 442 g/mol. The van der Waals surface area contributed by atoms with Crippen molar-refractivity contribution >= 4 is 31.9 Å². The molecule has 1 saturated heterocycles. The monoisotopic (exact) mass is 471 g/mol. The molecule has 3 rings (SSSR count). The van der Waals surface area contributed by atoms with Crippen LogP contribution in [0.3, 0.4) is 0 Å². The summed E-state index contributed by atoms with van der Waals surface area (Å²) in [6.45, 7) is 5.18. The van der Waals surface area contributed by atoms with E-state index in [2.05, 4.69) is 27.8 Å². The van der Waals surface area contributed by atoms with Gasteiger partial charge in [-0.3, -0.25) is 9.69 Å². The van der Waals surface area contributed by atoms with Crippen molar-refractivity contribution in [2.24, 2.45) is 0 Å². The highest BCUT2D eigenvalue weighted by Gasteiger charge is 2.31. The van der Waals surface area contributed by atoms with Gasteiger partial charge in [0.25, 0.3) is 0 Å². The summed E-state index contributed by atoms with van der Waals surface area (Å²) in [5, 5.41) is 0. The number of carbonyl (C=O) groups is 1. The van der Waals surface area contributed by atoms with Crippen molar-refractivity contribution in [1.29, 1.82) is 0 Å². The molecule has 0 atom stereocenters. The van der Waals surface area contributed by atoms with Gasteiger partial charge in [-0.25, -0.2) is 8.42 Å². The molecule has 0 bridgehead atoms. The largest absolute Gasteiger partial charge is 0.339 e. The number of benzene rings is 1. The molecule has 1 amide bonds. The van der Waals surface area contributed by atoms with Crippen molar-refractivity contribution in [2.45, 2.75) is 50.0 Å². The molecule has 8 heteroatoms. The Balaban J connectivity index is 1.55. The number of hydrogen-bond donors (Lipinski definition) is 0. The highest BCUT2D eigenvalue weighted by molar-refractivity contribution is 9.10. The summed E-state index contributed by atoms with van der Waals surface area (Å²) in [6.07, 6.45) is 5.91. The van der Waals surface area contributed by atoms with Gasteiger partial charge in [0.15, 0.2) is 0 Å². The molecule has 1 aliphatic carbocycles. The summed E-state index contributed by atoms with van der Waals surface area (Å²) in [5.41, 5.74) is 0. The average Bonchev–Trinajstić information content (AvgIpc) is 2.70. The second-order valence-corrected chi connectivity index (χ2v) is 10.5. The Morgan fingerprint density at radius 1 is 1.14 bits per heavy atom. The quantitative estimate of drug-likeness (QED) is 0.639. The third kappa shape index (κ3) is 5.14. The van der Waals surface area contributed by atoms with Gasteiger partial charge < -0.3 is 4.90 Å². The summed E-state index contributed by atoms with van der Waals surface area (Å²) < 4.78 is 28.0. The van der Waals surface area contributed by atoms with Gasteiger partial charge in [0, 0.05) is 43.2 Å². The number of carbonyl (C=O) groups excluding carboxylic acids is 1. The van der Waals surface area contributed by atoms with E-state index in [1.807, 2.05) is 11.0 Å². The third-order valence-corrected chi connectivity index (χ3v) is 8.19. The highest BCUT2D eigenvalue weighted by atomic mass is 79.9. The zero-order chi connectivity index (χ0) is 20.1. The summed E-state index contributed by atoms with van der Waals surface area (Å²) in [6, 6.07) is 7.18. The standard InChI is InChI=1S/C20H30BrN3O3S/c1-2-24(18-8-4-3-5-9-18)20(25)16-22-11-13-23(14-12-22)28(26,27)19-10-6-7-17(21)15-19/h6-7,10,15,18H,2-5,8-9,11-14,16H2,1H3.